The maximum absolute atomic E-state index is 11.9. The molecule has 0 aromatic heterocycles. The number of hydrogen-bond acceptors (Lipinski definition) is 4. The van der Waals surface area contributed by atoms with E-state index in [1.165, 1.54) is 25.8 Å². The fraction of sp³-hybridized carbons (Fsp3) is 0.591. The Morgan fingerprint density at radius 1 is 1.16 bits per heavy atom. The number of benzene rings is 1. The number of carbonyl (C=O) groups is 2. The van der Waals surface area contributed by atoms with Crippen LogP contribution in [-0.2, 0) is 11.3 Å². The van der Waals surface area contributed by atoms with E-state index < -0.39 is 5.91 Å². The standard InChI is InChI=1S/C22H36N6O2.HI/c1-3-24-22(25-12-6-14-28-13-5-4-7-17(28)2)27-15-18-8-10-19(11-9-18)21(30)26-16-20(23)29;/h8-11,17H,3-7,12-16H2,1-2H3,(H2,23,29)(H,26,30)(H2,24,25,27);1H. The number of nitrogens with one attached hydrogen (secondary N) is 3. The molecule has 1 fully saturated rings. The zero-order valence-electron chi connectivity index (χ0n) is 18.7. The molecule has 1 aliphatic heterocycles. The molecule has 1 saturated heterocycles. The molecule has 0 spiro atoms. The summed E-state index contributed by atoms with van der Waals surface area (Å²) in [6.45, 7) is 8.73. The number of guanidine groups is 1. The van der Waals surface area contributed by atoms with Gasteiger partial charge in [0.1, 0.15) is 0 Å². The lowest BCUT2D eigenvalue weighted by molar-refractivity contribution is -0.117. The van der Waals surface area contributed by atoms with Crippen molar-refractivity contribution in [3.05, 3.63) is 35.4 Å². The molecule has 1 unspecified atom stereocenters. The molecule has 2 rings (SSSR count). The van der Waals surface area contributed by atoms with E-state index in [1.807, 2.05) is 19.1 Å². The number of nitrogens with zero attached hydrogens (tertiary/aromatic N) is 2. The SMILES string of the molecule is CCNC(=NCc1ccc(C(=O)NCC(N)=O)cc1)NCCCN1CCCCC1C.I. The number of nitrogens with two attached hydrogens (primary N) is 1. The highest BCUT2D eigenvalue weighted by atomic mass is 127. The molecule has 8 nitrogen and oxygen atoms in total. The lowest BCUT2D eigenvalue weighted by Gasteiger charge is -2.33. The average molecular weight is 544 g/mol. The van der Waals surface area contributed by atoms with Gasteiger partial charge >= 0.3 is 0 Å². The van der Waals surface area contributed by atoms with Gasteiger partial charge in [-0.15, -0.1) is 24.0 Å². The molecule has 0 radical (unpaired) electrons. The van der Waals surface area contributed by atoms with Crippen molar-refractivity contribution in [1.29, 1.82) is 0 Å². The smallest absolute Gasteiger partial charge is 0.251 e. The molecule has 174 valence electrons. The number of hydrogen-bond donors (Lipinski definition) is 4. The van der Waals surface area contributed by atoms with Gasteiger partial charge in [0.15, 0.2) is 5.96 Å². The maximum atomic E-state index is 11.9. The minimum Gasteiger partial charge on any atom is -0.368 e. The topological polar surface area (TPSA) is 112 Å². The van der Waals surface area contributed by atoms with Gasteiger partial charge in [-0.1, -0.05) is 18.6 Å². The van der Waals surface area contributed by atoms with E-state index in [9.17, 15) is 9.59 Å². The summed E-state index contributed by atoms with van der Waals surface area (Å²) in [5.41, 5.74) is 6.53. The quantitative estimate of drug-likeness (QED) is 0.156. The monoisotopic (exact) mass is 544 g/mol. The first-order valence-electron chi connectivity index (χ1n) is 10.9. The molecule has 1 atom stereocenters. The zero-order valence-corrected chi connectivity index (χ0v) is 21.0. The number of carbonyl (C=O) groups excluding carboxylic acids is 2. The highest BCUT2D eigenvalue weighted by Crippen LogP contribution is 2.16. The molecule has 0 bridgehead atoms. The summed E-state index contributed by atoms with van der Waals surface area (Å²) in [5, 5.41) is 9.16. The molecule has 5 N–H and O–H groups in total. The van der Waals surface area contributed by atoms with E-state index in [4.69, 9.17) is 5.73 Å². The maximum Gasteiger partial charge on any atom is 0.251 e. The lowest BCUT2D eigenvalue weighted by atomic mass is 10.0. The van der Waals surface area contributed by atoms with Crippen LogP contribution >= 0.6 is 24.0 Å². The Hall–Kier alpha value is -1.88. The fourth-order valence-electron chi connectivity index (χ4n) is 3.52. The minimum atomic E-state index is -0.566. The first-order chi connectivity index (χ1) is 14.5. The molecule has 0 aliphatic carbocycles. The van der Waals surface area contributed by atoms with Crippen LogP contribution in [0, 0.1) is 0 Å². The van der Waals surface area contributed by atoms with Crippen molar-refractivity contribution in [3.63, 3.8) is 0 Å². The average Bonchev–Trinajstić information content (AvgIpc) is 2.74. The fourth-order valence-corrected chi connectivity index (χ4v) is 3.52. The second-order valence-corrected chi connectivity index (χ2v) is 7.70. The third-order valence-corrected chi connectivity index (χ3v) is 5.26. The van der Waals surface area contributed by atoms with Crippen LogP contribution in [0.25, 0.3) is 0 Å². The van der Waals surface area contributed by atoms with Crippen LogP contribution in [0.1, 0.15) is 55.5 Å². The zero-order chi connectivity index (χ0) is 21.8. The summed E-state index contributed by atoms with van der Waals surface area (Å²) < 4.78 is 0. The summed E-state index contributed by atoms with van der Waals surface area (Å²) in [6, 6.07) is 7.87. The van der Waals surface area contributed by atoms with Crippen molar-refractivity contribution >= 4 is 41.8 Å². The Bertz CT molecular complexity index is 710. The van der Waals surface area contributed by atoms with Gasteiger partial charge in [0.05, 0.1) is 13.1 Å². The minimum absolute atomic E-state index is 0. The predicted octanol–water partition coefficient (Wildman–Crippen LogP) is 1.84. The number of halogens is 1. The van der Waals surface area contributed by atoms with Crippen molar-refractivity contribution in [2.24, 2.45) is 10.7 Å². The summed E-state index contributed by atoms with van der Waals surface area (Å²) in [7, 11) is 0. The number of amides is 2. The summed E-state index contributed by atoms with van der Waals surface area (Å²) >= 11 is 0. The predicted molar refractivity (Wildman–Crippen MR) is 136 cm³/mol. The first kappa shape index (κ1) is 27.2. The molecular weight excluding hydrogens is 507 g/mol. The molecular formula is C22H37IN6O2. The number of piperidine rings is 1. The van der Waals surface area contributed by atoms with Crippen LogP contribution in [0.5, 0.6) is 0 Å². The molecule has 1 aliphatic rings. The van der Waals surface area contributed by atoms with E-state index in [0.717, 1.165) is 37.6 Å². The summed E-state index contributed by atoms with van der Waals surface area (Å²) in [4.78, 5) is 29.9. The number of primary amides is 1. The van der Waals surface area contributed by atoms with E-state index in [1.54, 1.807) is 12.1 Å². The molecule has 1 aromatic rings. The van der Waals surface area contributed by atoms with Gasteiger partial charge in [0.25, 0.3) is 5.91 Å². The molecule has 1 heterocycles. The van der Waals surface area contributed by atoms with Crippen molar-refractivity contribution in [2.75, 3.05) is 32.7 Å². The van der Waals surface area contributed by atoms with E-state index in [0.29, 0.717) is 18.2 Å². The molecule has 9 heteroatoms. The van der Waals surface area contributed by atoms with Crippen LogP contribution in [0.3, 0.4) is 0 Å². The number of rotatable bonds is 10. The highest BCUT2D eigenvalue weighted by molar-refractivity contribution is 14.0. The Labute approximate surface area is 202 Å². The Kier molecular flexibility index (Phi) is 13.1. The highest BCUT2D eigenvalue weighted by Gasteiger charge is 2.17. The number of aliphatic imine (C=N–C) groups is 1. The van der Waals surface area contributed by atoms with Gasteiger partial charge in [-0.25, -0.2) is 4.99 Å². The van der Waals surface area contributed by atoms with E-state index >= 15 is 0 Å². The summed E-state index contributed by atoms with van der Waals surface area (Å²) in [6.07, 6.45) is 5.06. The number of likely N-dealkylation sites (tertiary alicyclic amines) is 1. The Morgan fingerprint density at radius 2 is 1.90 bits per heavy atom. The van der Waals surface area contributed by atoms with Gasteiger partial charge < -0.3 is 26.6 Å². The van der Waals surface area contributed by atoms with Gasteiger partial charge in [-0.2, -0.15) is 0 Å². The van der Waals surface area contributed by atoms with Gasteiger partial charge in [0.2, 0.25) is 5.91 Å². The van der Waals surface area contributed by atoms with Gasteiger partial charge in [-0.05, 0) is 57.4 Å². The van der Waals surface area contributed by atoms with Gasteiger partial charge in [0, 0.05) is 31.2 Å². The van der Waals surface area contributed by atoms with Crippen LogP contribution in [0.4, 0.5) is 0 Å². The van der Waals surface area contributed by atoms with Crippen molar-refractivity contribution < 1.29 is 9.59 Å². The van der Waals surface area contributed by atoms with Crippen LogP contribution in [0.2, 0.25) is 0 Å². The Balaban J connectivity index is 0.00000480. The second-order valence-electron chi connectivity index (χ2n) is 7.70. The first-order valence-corrected chi connectivity index (χ1v) is 10.9. The van der Waals surface area contributed by atoms with Crippen molar-refractivity contribution in [3.8, 4) is 0 Å². The third kappa shape index (κ3) is 10.3. The van der Waals surface area contributed by atoms with Crippen molar-refractivity contribution in [1.82, 2.24) is 20.9 Å². The lowest BCUT2D eigenvalue weighted by Crippen LogP contribution is -2.41. The van der Waals surface area contributed by atoms with Crippen LogP contribution in [-0.4, -0.2) is 61.4 Å². The molecule has 1 aromatic carbocycles. The van der Waals surface area contributed by atoms with Crippen LogP contribution in [0.15, 0.2) is 29.3 Å². The molecule has 2 amide bonds. The Morgan fingerprint density at radius 3 is 2.55 bits per heavy atom. The molecule has 0 saturated carbocycles. The second kappa shape index (κ2) is 15.0. The third-order valence-electron chi connectivity index (χ3n) is 5.26. The largest absolute Gasteiger partial charge is 0.368 e. The summed E-state index contributed by atoms with van der Waals surface area (Å²) in [5.74, 6) is -0.0856. The molecule has 31 heavy (non-hydrogen) atoms. The van der Waals surface area contributed by atoms with Crippen molar-refractivity contribution in [2.45, 2.75) is 52.1 Å². The van der Waals surface area contributed by atoms with E-state index in [-0.39, 0.29) is 36.4 Å². The van der Waals surface area contributed by atoms with Gasteiger partial charge in [-0.3, -0.25) is 9.59 Å². The van der Waals surface area contributed by atoms with E-state index in [2.05, 4.69) is 32.8 Å². The normalized spacial score (nSPS) is 16.8. The van der Waals surface area contributed by atoms with Crippen LogP contribution < -0.4 is 21.7 Å².